The second-order valence-electron chi connectivity index (χ2n) is 6.46. The quantitative estimate of drug-likeness (QED) is 0.310. The van der Waals surface area contributed by atoms with Gasteiger partial charge in [0.05, 0.1) is 24.4 Å². The van der Waals surface area contributed by atoms with E-state index in [1.807, 2.05) is 36.4 Å². The maximum absolute atomic E-state index is 12.7. The van der Waals surface area contributed by atoms with Crippen molar-refractivity contribution in [1.82, 2.24) is 4.98 Å². The van der Waals surface area contributed by atoms with E-state index < -0.39 is 17.0 Å². The Hall–Kier alpha value is -3.39. The van der Waals surface area contributed by atoms with E-state index in [0.717, 1.165) is 22.1 Å². The highest BCUT2D eigenvalue weighted by Crippen LogP contribution is 2.30. The molecule has 8 nitrogen and oxygen atoms in total. The highest BCUT2D eigenvalue weighted by Gasteiger charge is 2.21. The molecular formula is C21H21ClN2O6. The second-order valence-corrected chi connectivity index (χ2v) is 6.46. The lowest BCUT2D eigenvalue weighted by Crippen LogP contribution is -2.17. The van der Waals surface area contributed by atoms with Gasteiger partial charge in [-0.05, 0) is 54.4 Å². The average molecular weight is 433 g/mol. The Morgan fingerprint density at radius 1 is 1.20 bits per heavy atom. The minimum absolute atomic E-state index is 0. The van der Waals surface area contributed by atoms with Gasteiger partial charge in [0.15, 0.2) is 5.75 Å². The molecule has 1 aromatic heterocycles. The summed E-state index contributed by atoms with van der Waals surface area (Å²) < 4.78 is 10.8. The second kappa shape index (κ2) is 9.89. The van der Waals surface area contributed by atoms with Crippen LogP contribution in [0.1, 0.15) is 29.8 Å². The van der Waals surface area contributed by atoms with Crippen molar-refractivity contribution in [3.05, 3.63) is 75.6 Å². The van der Waals surface area contributed by atoms with Gasteiger partial charge in [-0.1, -0.05) is 24.3 Å². The molecule has 1 atom stereocenters. The minimum atomic E-state index is -0.883. The molecule has 0 bridgehead atoms. The van der Waals surface area contributed by atoms with E-state index >= 15 is 0 Å². The first-order valence-corrected chi connectivity index (χ1v) is 8.91. The molecule has 0 saturated carbocycles. The van der Waals surface area contributed by atoms with Gasteiger partial charge in [-0.3, -0.25) is 9.78 Å². The van der Waals surface area contributed by atoms with Crippen LogP contribution < -0.4 is 9.47 Å². The predicted molar refractivity (Wildman–Crippen MR) is 113 cm³/mol. The Labute approximate surface area is 179 Å². The van der Waals surface area contributed by atoms with Crippen molar-refractivity contribution in [3.63, 3.8) is 0 Å². The third-order valence-electron chi connectivity index (χ3n) is 4.56. The van der Waals surface area contributed by atoms with E-state index in [9.17, 15) is 14.9 Å². The molecular weight excluding hydrogens is 412 g/mol. The number of rotatable bonds is 7. The summed E-state index contributed by atoms with van der Waals surface area (Å²) in [5, 5.41) is 11.3. The van der Waals surface area contributed by atoms with Gasteiger partial charge < -0.3 is 14.3 Å². The largest absolute Gasteiger partial charge is 0.497 e. The van der Waals surface area contributed by atoms with Crippen LogP contribution in [0.3, 0.4) is 0 Å². The number of methoxy groups -OCH3 is 1. The number of nitrogens with zero attached hydrogens (tertiary/aromatic N) is 2. The number of esters is 1. The molecule has 0 unspecified atom stereocenters. The van der Waals surface area contributed by atoms with Crippen LogP contribution in [0.15, 0.2) is 48.5 Å². The summed E-state index contributed by atoms with van der Waals surface area (Å²) in [4.78, 5) is 31.5. The number of carbonyl (C=O) groups excluding carboxylic acids is 1. The fourth-order valence-electron chi connectivity index (χ4n) is 3.02. The van der Waals surface area contributed by atoms with Crippen molar-refractivity contribution >= 4 is 29.1 Å². The average Bonchev–Trinajstić information content (AvgIpc) is 2.72. The normalized spacial score (nSPS) is 11.3. The number of benzene rings is 2. The molecule has 0 aliphatic heterocycles. The molecule has 0 aliphatic carbocycles. The minimum Gasteiger partial charge on any atom is -0.497 e. The van der Waals surface area contributed by atoms with Crippen molar-refractivity contribution in [1.29, 1.82) is 0 Å². The van der Waals surface area contributed by atoms with Gasteiger partial charge >= 0.3 is 5.97 Å². The molecule has 3 aromatic rings. The maximum atomic E-state index is 12.7. The van der Waals surface area contributed by atoms with Crippen LogP contribution in [0.2, 0.25) is 0 Å². The zero-order valence-electron chi connectivity index (χ0n) is 16.7. The van der Waals surface area contributed by atoms with E-state index in [-0.39, 0.29) is 19.0 Å². The van der Waals surface area contributed by atoms with Crippen molar-refractivity contribution in [2.45, 2.75) is 26.4 Å². The van der Waals surface area contributed by atoms with Crippen LogP contribution in [-0.2, 0) is 16.2 Å². The van der Waals surface area contributed by atoms with E-state index in [1.54, 1.807) is 27.0 Å². The van der Waals surface area contributed by atoms with Crippen molar-refractivity contribution in [3.8, 4) is 11.5 Å². The number of aryl methyl sites for hydroxylation is 1. The summed E-state index contributed by atoms with van der Waals surface area (Å²) >= 11 is 0. The van der Waals surface area contributed by atoms with E-state index in [0.29, 0.717) is 17.1 Å². The van der Waals surface area contributed by atoms with Gasteiger partial charge in [0, 0.05) is 0 Å². The SMILES string of the molecule is COc1ccc2c([C@H](C)C(=O)Oc3ccc(CO[N+](=O)[O-])nc3C)cccc2c1.Cl. The number of fused-ring (bicyclic) bond motifs is 1. The van der Waals surface area contributed by atoms with Gasteiger partial charge in [0.2, 0.25) is 0 Å². The number of hydrogen-bond donors (Lipinski definition) is 0. The van der Waals surface area contributed by atoms with Crippen molar-refractivity contribution in [2.75, 3.05) is 7.11 Å². The van der Waals surface area contributed by atoms with E-state index in [2.05, 4.69) is 9.82 Å². The summed E-state index contributed by atoms with van der Waals surface area (Å²) in [6.45, 7) is 3.18. The van der Waals surface area contributed by atoms with E-state index in [4.69, 9.17) is 9.47 Å². The number of carbonyl (C=O) groups is 1. The topological polar surface area (TPSA) is 101 Å². The number of hydrogen-bond acceptors (Lipinski definition) is 7. The molecule has 2 aromatic carbocycles. The number of aromatic nitrogens is 1. The van der Waals surface area contributed by atoms with Crippen LogP contribution >= 0.6 is 12.4 Å². The Morgan fingerprint density at radius 3 is 2.63 bits per heavy atom. The number of ether oxygens (including phenoxy) is 2. The molecule has 0 saturated heterocycles. The van der Waals surface area contributed by atoms with Gasteiger partial charge in [0.25, 0.3) is 5.09 Å². The zero-order valence-corrected chi connectivity index (χ0v) is 17.5. The maximum Gasteiger partial charge on any atom is 0.318 e. The predicted octanol–water partition coefficient (Wildman–Crippen LogP) is 4.39. The van der Waals surface area contributed by atoms with Crippen LogP contribution in [0.25, 0.3) is 10.8 Å². The van der Waals surface area contributed by atoms with Crippen LogP contribution in [0, 0.1) is 17.0 Å². The Balaban J connectivity index is 0.00000320. The first-order valence-electron chi connectivity index (χ1n) is 8.91. The first kappa shape index (κ1) is 22.9. The summed E-state index contributed by atoms with van der Waals surface area (Å²) in [5.74, 6) is 0.109. The van der Waals surface area contributed by atoms with Crippen molar-refractivity contribution in [2.24, 2.45) is 0 Å². The molecule has 30 heavy (non-hydrogen) atoms. The first-order chi connectivity index (χ1) is 13.9. The lowest BCUT2D eigenvalue weighted by molar-refractivity contribution is -0.763. The van der Waals surface area contributed by atoms with Gasteiger partial charge in [-0.25, -0.2) is 0 Å². The molecule has 0 N–H and O–H groups in total. The Bertz CT molecular complexity index is 1070. The van der Waals surface area contributed by atoms with E-state index in [1.165, 1.54) is 6.07 Å². The van der Waals surface area contributed by atoms with Crippen molar-refractivity contribution < 1.29 is 24.2 Å². The standard InChI is InChI=1S/C21H20N2O6.ClH/c1-13(18-6-4-5-15-11-17(27-3)8-9-19(15)18)21(24)29-20-10-7-16(22-14(20)2)12-28-23(25)26;/h4-11,13H,12H2,1-3H3;1H/t13-;/m0./s1. The molecule has 0 aliphatic rings. The summed E-state index contributed by atoms with van der Waals surface area (Å²) in [5.41, 5.74) is 1.66. The highest BCUT2D eigenvalue weighted by molar-refractivity contribution is 5.92. The third kappa shape index (κ3) is 5.15. The highest BCUT2D eigenvalue weighted by atomic mass is 35.5. The number of halogens is 1. The molecule has 0 amide bonds. The monoisotopic (exact) mass is 432 g/mol. The van der Waals surface area contributed by atoms with Crippen LogP contribution in [0.4, 0.5) is 0 Å². The summed E-state index contributed by atoms with van der Waals surface area (Å²) in [6, 6.07) is 14.5. The third-order valence-corrected chi connectivity index (χ3v) is 4.56. The summed E-state index contributed by atoms with van der Waals surface area (Å²) in [6.07, 6.45) is 0. The van der Waals surface area contributed by atoms with Crippen LogP contribution in [-0.4, -0.2) is 23.1 Å². The zero-order chi connectivity index (χ0) is 21.0. The fourth-order valence-corrected chi connectivity index (χ4v) is 3.02. The molecule has 0 spiro atoms. The Kier molecular flexibility index (Phi) is 7.54. The molecule has 158 valence electrons. The van der Waals surface area contributed by atoms with Gasteiger partial charge in [-0.15, -0.1) is 22.5 Å². The molecule has 3 rings (SSSR count). The fraction of sp³-hybridized carbons (Fsp3) is 0.238. The lowest BCUT2D eigenvalue weighted by Gasteiger charge is -2.15. The lowest BCUT2D eigenvalue weighted by atomic mass is 9.94. The van der Waals surface area contributed by atoms with Gasteiger partial charge in [-0.2, -0.15) is 0 Å². The molecule has 0 radical (unpaired) electrons. The Morgan fingerprint density at radius 2 is 1.97 bits per heavy atom. The molecule has 0 fully saturated rings. The van der Waals surface area contributed by atoms with Gasteiger partial charge in [0.1, 0.15) is 12.4 Å². The molecule has 1 heterocycles. The smallest absolute Gasteiger partial charge is 0.318 e. The molecule has 9 heteroatoms. The number of pyridine rings is 1. The summed E-state index contributed by atoms with van der Waals surface area (Å²) in [7, 11) is 1.61. The van der Waals surface area contributed by atoms with Crippen LogP contribution in [0.5, 0.6) is 11.5 Å².